The van der Waals surface area contributed by atoms with Crippen molar-refractivity contribution >= 4 is 17.3 Å². The summed E-state index contributed by atoms with van der Waals surface area (Å²) in [5.41, 5.74) is 0.678. The molecule has 30 heavy (non-hydrogen) atoms. The van der Waals surface area contributed by atoms with E-state index >= 15 is 0 Å². The Morgan fingerprint density at radius 1 is 1.20 bits per heavy atom. The molecular formula is C22H32N4O3S. The third-order valence-electron chi connectivity index (χ3n) is 5.18. The number of aliphatic imine (C=N–C) groups is 1. The summed E-state index contributed by atoms with van der Waals surface area (Å²) in [5.74, 6) is 2.16. The monoisotopic (exact) mass is 432 g/mol. The number of guanidine groups is 1. The Bertz CT molecular complexity index is 805. The van der Waals surface area contributed by atoms with E-state index < -0.39 is 6.10 Å². The van der Waals surface area contributed by atoms with Crippen LogP contribution in [0, 0.1) is 0 Å². The summed E-state index contributed by atoms with van der Waals surface area (Å²) in [4.78, 5) is 10.9. The van der Waals surface area contributed by atoms with Gasteiger partial charge in [-0.05, 0) is 36.6 Å². The van der Waals surface area contributed by atoms with E-state index in [-0.39, 0.29) is 6.54 Å². The Morgan fingerprint density at radius 3 is 2.63 bits per heavy atom. The van der Waals surface area contributed by atoms with Gasteiger partial charge < -0.3 is 24.8 Å². The second-order valence-electron chi connectivity index (χ2n) is 7.16. The predicted octanol–water partition coefficient (Wildman–Crippen LogP) is 2.58. The number of ether oxygens (including phenoxy) is 2. The van der Waals surface area contributed by atoms with Crippen molar-refractivity contribution in [3.8, 4) is 11.5 Å². The van der Waals surface area contributed by atoms with Gasteiger partial charge in [-0.15, -0.1) is 11.3 Å². The fourth-order valence-electron chi connectivity index (χ4n) is 3.54. The van der Waals surface area contributed by atoms with Gasteiger partial charge in [-0.2, -0.15) is 0 Å². The largest absolute Gasteiger partial charge is 0.497 e. The van der Waals surface area contributed by atoms with Gasteiger partial charge in [-0.1, -0.05) is 6.07 Å². The first kappa shape index (κ1) is 22.4. The summed E-state index contributed by atoms with van der Waals surface area (Å²) in [6.45, 7) is 7.92. The average Bonchev–Trinajstić information content (AvgIpc) is 3.29. The lowest BCUT2D eigenvalue weighted by atomic mass is 10.1. The average molecular weight is 433 g/mol. The normalized spacial score (nSPS) is 16.4. The van der Waals surface area contributed by atoms with Crippen LogP contribution in [0.5, 0.6) is 11.5 Å². The van der Waals surface area contributed by atoms with E-state index in [0.29, 0.717) is 17.1 Å². The van der Waals surface area contributed by atoms with E-state index in [1.54, 1.807) is 26.4 Å². The summed E-state index contributed by atoms with van der Waals surface area (Å²) in [5, 5.41) is 16.2. The number of hydrogen-bond donors (Lipinski definition) is 2. The number of aliphatic hydroxyl groups is 1. The van der Waals surface area contributed by atoms with Gasteiger partial charge >= 0.3 is 0 Å². The third kappa shape index (κ3) is 5.87. The first-order chi connectivity index (χ1) is 14.6. The molecule has 1 aliphatic heterocycles. The second kappa shape index (κ2) is 11.2. The maximum atomic E-state index is 10.8. The van der Waals surface area contributed by atoms with Crippen LogP contribution in [-0.2, 0) is 6.54 Å². The van der Waals surface area contributed by atoms with Gasteiger partial charge in [-0.25, -0.2) is 0 Å². The standard InChI is InChI=1S/C22H32N4O3S/c1-4-23-22(26-11-9-25(10-12-26)16-18-6-5-13-30-18)24-15-20(27)19-14-17(28-2)7-8-21(19)29-3/h5-8,13-14,20,27H,4,9-12,15-16H2,1-3H3,(H,23,24). The van der Waals surface area contributed by atoms with Crippen LogP contribution in [-0.4, -0.2) is 74.4 Å². The molecule has 0 radical (unpaired) electrons. The molecule has 0 amide bonds. The zero-order valence-electron chi connectivity index (χ0n) is 18.0. The Hall–Kier alpha value is -2.29. The Kier molecular flexibility index (Phi) is 8.36. The lowest BCUT2D eigenvalue weighted by Gasteiger charge is -2.36. The van der Waals surface area contributed by atoms with Crippen LogP contribution in [0.25, 0.3) is 0 Å². The number of benzene rings is 1. The fourth-order valence-corrected chi connectivity index (χ4v) is 4.28. The number of rotatable bonds is 8. The Balaban J connectivity index is 1.62. The van der Waals surface area contributed by atoms with Gasteiger partial charge in [0.25, 0.3) is 0 Å². The maximum absolute atomic E-state index is 10.8. The van der Waals surface area contributed by atoms with Gasteiger partial charge in [0.05, 0.1) is 20.8 Å². The molecule has 2 aromatic rings. The molecule has 2 N–H and O–H groups in total. The number of thiophene rings is 1. The first-order valence-electron chi connectivity index (χ1n) is 10.3. The molecule has 8 heteroatoms. The van der Waals surface area contributed by atoms with Crippen LogP contribution < -0.4 is 14.8 Å². The predicted molar refractivity (Wildman–Crippen MR) is 122 cm³/mol. The number of nitrogens with zero attached hydrogens (tertiary/aromatic N) is 3. The van der Waals surface area contributed by atoms with Crippen LogP contribution in [0.2, 0.25) is 0 Å². The van der Waals surface area contributed by atoms with Crippen LogP contribution in [0.1, 0.15) is 23.5 Å². The molecule has 1 aliphatic rings. The van der Waals surface area contributed by atoms with Crippen molar-refractivity contribution in [2.45, 2.75) is 19.6 Å². The maximum Gasteiger partial charge on any atom is 0.194 e. The summed E-state index contributed by atoms with van der Waals surface area (Å²) in [7, 11) is 3.21. The van der Waals surface area contributed by atoms with Crippen molar-refractivity contribution in [1.29, 1.82) is 0 Å². The van der Waals surface area contributed by atoms with E-state index in [4.69, 9.17) is 14.5 Å². The summed E-state index contributed by atoms with van der Waals surface area (Å²) >= 11 is 1.81. The molecule has 1 aromatic heterocycles. The quantitative estimate of drug-likeness (QED) is 0.494. The molecule has 0 aliphatic carbocycles. The SMILES string of the molecule is CCNC(=NCC(O)c1cc(OC)ccc1OC)N1CCN(Cc2cccs2)CC1. The lowest BCUT2D eigenvalue weighted by Crippen LogP contribution is -2.52. The van der Waals surface area contributed by atoms with Crippen molar-refractivity contribution in [3.05, 3.63) is 46.2 Å². The smallest absolute Gasteiger partial charge is 0.194 e. The van der Waals surface area contributed by atoms with Crippen LogP contribution in [0.4, 0.5) is 0 Å². The van der Waals surface area contributed by atoms with Crippen LogP contribution >= 0.6 is 11.3 Å². The fraction of sp³-hybridized carbons (Fsp3) is 0.500. The first-order valence-corrected chi connectivity index (χ1v) is 11.2. The lowest BCUT2D eigenvalue weighted by molar-refractivity contribution is 0.169. The molecule has 0 bridgehead atoms. The van der Waals surface area contributed by atoms with Gasteiger partial charge in [0.15, 0.2) is 5.96 Å². The molecular weight excluding hydrogens is 400 g/mol. The van der Waals surface area contributed by atoms with Gasteiger partial charge in [-0.3, -0.25) is 9.89 Å². The molecule has 3 rings (SSSR count). The molecule has 1 atom stereocenters. The molecule has 1 fully saturated rings. The minimum absolute atomic E-state index is 0.251. The molecule has 0 spiro atoms. The van der Waals surface area contributed by atoms with Gasteiger partial charge in [0.1, 0.15) is 17.6 Å². The molecule has 7 nitrogen and oxygen atoms in total. The van der Waals surface area contributed by atoms with E-state index in [2.05, 4.69) is 39.6 Å². The third-order valence-corrected chi connectivity index (χ3v) is 6.04. The minimum atomic E-state index is -0.774. The molecule has 2 heterocycles. The van der Waals surface area contributed by atoms with E-state index in [1.165, 1.54) is 4.88 Å². The number of piperazine rings is 1. The van der Waals surface area contributed by atoms with E-state index in [1.807, 2.05) is 17.4 Å². The number of nitrogens with one attached hydrogen (secondary N) is 1. The van der Waals surface area contributed by atoms with Crippen molar-refractivity contribution in [3.63, 3.8) is 0 Å². The van der Waals surface area contributed by atoms with Crippen molar-refractivity contribution < 1.29 is 14.6 Å². The second-order valence-corrected chi connectivity index (χ2v) is 8.19. The molecule has 1 saturated heterocycles. The highest BCUT2D eigenvalue weighted by Crippen LogP contribution is 2.29. The summed E-state index contributed by atoms with van der Waals surface area (Å²) in [6, 6.07) is 9.72. The zero-order chi connectivity index (χ0) is 21.3. The minimum Gasteiger partial charge on any atom is -0.497 e. The number of hydrogen-bond acceptors (Lipinski definition) is 6. The highest BCUT2D eigenvalue weighted by atomic mass is 32.1. The van der Waals surface area contributed by atoms with Crippen molar-refractivity contribution in [1.82, 2.24) is 15.1 Å². The van der Waals surface area contributed by atoms with Crippen LogP contribution in [0.3, 0.4) is 0 Å². The molecule has 1 unspecified atom stereocenters. The van der Waals surface area contributed by atoms with Gasteiger partial charge in [0, 0.05) is 49.7 Å². The van der Waals surface area contributed by atoms with Gasteiger partial charge in [0.2, 0.25) is 0 Å². The Morgan fingerprint density at radius 2 is 2.00 bits per heavy atom. The van der Waals surface area contributed by atoms with Crippen molar-refractivity contribution in [2.75, 3.05) is 53.5 Å². The summed E-state index contributed by atoms with van der Waals surface area (Å²) < 4.78 is 10.7. The van der Waals surface area contributed by atoms with Crippen molar-refractivity contribution in [2.24, 2.45) is 4.99 Å². The molecule has 0 saturated carbocycles. The summed E-state index contributed by atoms with van der Waals surface area (Å²) in [6.07, 6.45) is -0.774. The van der Waals surface area contributed by atoms with E-state index in [9.17, 15) is 5.11 Å². The number of methoxy groups -OCH3 is 2. The Labute approximate surface area is 182 Å². The molecule has 164 valence electrons. The van der Waals surface area contributed by atoms with E-state index in [0.717, 1.165) is 45.2 Å². The highest BCUT2D eigenvalue weighted by Gasteiger charge is 2.21. The topological polar surface area (TPSA) is 69.6 Å². The highest BCUT2D eigenvalue weighted by molar-refractivity contribution is 7.09. The van der Waals surface area contributed by atoms with Crippen LogP contribution in [0.15, 0.2) is 40.7 Å². The molecule has 1 aromatic carbocycles. The zero-order valence-corrected chi connectivity index (χ0v) is 18.8. The number of aliphatic hydroxyl groups excluding tert-OH is 1.